The summed E-state index contributed by atoms with van der Waals surface area (Å²) in [7, 11) is 1.88. The zero-order valence-corrected chi connectivity index (χ0v) is 15.8. The summed E-state index contributed by atoms with van der Waals surface area (Å²) in [6, 6.07) is 15.8. The number of rotatable bonds is 5. The lowest BCUT2D eigenvalue weighted by atomic mass is 10.1. The Balaban J connectivity index is 1.42. The smallest absolute Gasteiger partial charge is 0.234 e. The van der Waals surface area contributed by atoms with E-state index >= 15 is 0 Å². The molecular formula is C20H18N4O2S. The first-order valence-electron chi connectivity index (χ1n) is 8.47. The van der Waals surface area contributed by atoms with Gasteiger partial charge in [-0.3, -0.25) is 4.79 Å². The van der Waals surface area contributed by atoms with Gasteiger partial charge in [0.2, 0.25) is 5.91 Å². The molecule has 2 aromatic carbocycles. The Morgan fingerprint density at radius 1 is 1.15 bits per heavy atom. The fraction of sp³-hybridized carbons (Fsp3) is 0.150. The van der Waals surface area contributed by atoms with Crippen LogP contribution >= 0.6 is 11.8 Å². The number of furan rings is 1. The van der Waals surface area contributed by atoms with Crippen molar-refractivity contribution in [2.24, 2.45) is 7.05 Å². The van der Waals surface area contributed by atoms with Crippen molar-refractivity contribution in [3.63, 3.8) is 0 Å². The minimum atomic E-state index is -0.0840. The van der Waals surface area contributed by atoms with Crippen LogP contribution in [0.1, 0.15) is 5.76 Å². The number of fused-ring (bicyclic) bond motifs is 1. The van der Waals surface area contributed by atoms with Crippen LogP contribution in [-0.2, 0) is 11.8 Å². The molecule has 0 unspecified atom stereocenters. The molecule has 2 aromatic heterocycles. The van der Waals surface area contributed by atoms with Gasteiger partial charge < -0.3 is 14.3 Å². The molecule has 7 heteroatoms. The molecule has 0 fully saturated rings. The topological polar surface area (TPSA) is 72.9 Å². The zero-order valence-electron chi connectivity index (χ0n) is 15.0. The Morgan fingerprint density at radius 2 is 1.96 bits per heavy atom. The minimum absolute atomic E-state index is 0.0840. The molecule has 1 N–H and O–H groups in total. The number of amides is 1. The van der Waals surface area contributed by atoms with Crippen LogP contribution in [0.15, 0.2) is 64.4 Å². The lowest BCUT2D eigenvalue weighted by Gasteiger charge is -2.07. The van der Waals surface area contributed by atoms with Gasteiger partial charge in [0, 0.05) is 12.7 Å². The van der Waals surface area contributed by atoms with Crippen LogP contribution in [-0.4, -0.2) is 26.4 Å². The largest absolute Gasteiger partial charge is 0.469 e. The molecule has 0 aliphatic heterocycles. The molecule has 0 saturated heterocycles. The number of carbonyl (C=O) groups excluding carboxylic acids is 1. The van der Waals surface area contributed by atoms with Crippen LogP contribution in [0.3, 0.4) is 0 Å². The fourth-order valence-electron chi connectivity index (χ4n) is 2.89. The lowest BCUT2D eigenvalue weighted by Crippen LogP contribution is -2.14. The highest BCUT2D eigenvalue weighted by molar-refractivity contribution is 7.99. The summed E-state index contributed by atoms with van der Waals surface area (Å²) in [4.78, 5) is 12.3. The summed E-state index contributed by atoms with van der Waals surface area (Å²) < 4.78 is 7.19. The van der Waals surface area contributed by atoms with Crippen molar-refractivity contribution in [1.82, 2.24) is 14.8 Å². The molecular weight excluding hydrogens is 360 g/mol. The summed E-state index contributed by atoms with van der Waals surface area (Å²) in [6.07, 6.45) is 1.63. The molecule has 0 saturated carbocycles. The maximum atomic E-state index is 12.3. The first-order chi connectivity index (χ1) is 13.1. The van der Waals surface area contributed by atoms with E-state index in [1.807, 2.05) is 67.1 Å². The normalized spacial score (nSPS) is 11.0. The number of aryl methyl sites for hydroxylation is 1. The second kappa shape index (κ2) is 7.28. The first-order valence-corrected chi connectivity index (χ1v) is 9.45. The van der Waals surface area contributed by atoms with Gasteiger partial charge in [0.15, 0.2) is 11.0 Å². The summed E-state index contributed by atoms with van der Waals surface area (Å²) in [5.41, 5.74) is 1.68. The summed E-state index contributed by atoms with van der Waals surface area (Å²) >= 11 is 1.35. The van der Waals surface area contributed by atoms with Crippen LogP contribution in [0, 0.1) is 6.92 Å². The minimum Gasteiger partial charge on any atom is -0.469 e. The fourth-order valence-corrected chi connectivity index (χ4v) is 3.60. The van der Waals surface area contributed by atoms with E-state index in [4.69, 9.17) is 4.42 Å². The molecule has 2 heterocycles. The Morgan fingerprint density at radius 3 is 2.74 bits per heavy atom. The predicted molar refractivity (Wildman–Crippen MR) is 107 cm³/mol. The summed E-state index contributed by atoms with van der Waals surface area (Å²) in [6.45, 7) is 1.88. The molecule has 27 heavy (non-hydrogen) atoms. The van der Waals surface area contributed by atoms with Crippen molar-refractivity contribution >= 4 is 34.1 Å². The molecule has 1 amide bonds. The van der Waals surface area contributed by atoms with Gasteiger partial charge in [-0.15, -0.1) is 10.2 Å². The molecule has 0 atom stereocenters. The number of thioether (sulfide) groups is 1. The number of nitrogens with zero attached hydrogens (tertiary/aromatic N) is 3. The molecule has 0 aliphatic rings. The quantitative estimate of drug-likeness (QED) is 0.525. The number of anilines is 1. The van der Waals surface area contributed by atoms with Gasteiger partial charge in [-0.25, -0.2) is 0 Å². The highest BCUT2D eigenvalue weighted by atomic mass is 32.2. The Hall–Kier alpha value is -3.06. The lowest BCUT2D eigenvalue weighted by molar-refractivity contribution is -0.113. The highest BCUT2D eigenvalue weighted by Gasteiger charge is 2.15. The second-order valence-corrected chi connectivity index (χ2v) is 7.10. The maximum absolute atomic E-state index is 12.3. The highest BCUT2D eigenvalue weighted by Crippen LogP contribution is 2.26. The first kappa shape index (κ1) is 17.4. The second-order valence-electron chi connectivity index (χ2n) is 6.15. The Labute approximate surface area is 160 Å². The third-order valence-electron chi connectivity index (χ3n) is 4.30. The third-order valence-corrected chi connectivity index (χ3v) is 5.32. The number of hydrogen-bond acceptors (Lipinski definition) is 5. The Bertz CT molecular complexity index is 1120. The van der Waals surface area contributed by atoms with Crippen LogP contribution < -0.4 is 5.32 Å². The molecule has 136 valence electrons. The van der Waals surface area contributed by atoms with Crippen molar-refractivity contribution in [2.75, 3.05) is 11.1 Å². The average molecular weight is 378 g/mol. The molecule has 4 aromatic rings. The van der Waals surface area contributed by atoms with Gasteiger partial charge in [-0.2, -0.15) is 0 Å². The van der Waals surface area contributed by atoms with E-state index in [-0.39, 0.29) is 11.7 Å². The number of nitrogens with one attached hydrogen (secondary N) is 1. The van der Waals surface area contributed by atoms with Crippen LogP contribution in [0.25, 0.3) is 22.2 Å². The zero-order chi connectivity index (χ0) is 18.8. The van der Waals surface area contributed by atoms with Crippen molar-refractivity contribution in [3.05, 3.63) is 60.6 Å². The average Bonchev–Trinajstić information content (AvgIpc) is 3.25. The van der Waals surface area contributed by atoms with Crippen molar-refractivity contribution in [2.45, 2.75) is 12.1 Å². The van der Waals surface area contributed by atoms with E-state index < -0.39 is 0 Å². The standard InChI is InChI=1S/C20H18N4O2S/c1-13-17(9-10-26-13)19-22-23-20(24(19)2)27-12-18(25)21-16-8-7-14-5-3-4-6-15(14)11-16/h3-11H,12H2,1-2H3,(H,21,25). The monoisotopic (exact) mass is 378 g/mol. The van der Waals surface area contributed by atoms with E-state index in [1.165, 1.54) is 11.8 Å². The molecule has 0 spiro atoms. The maximum Gasteiger partial charge on any atom is 0.234 e. The van der Waals surface area contributed by atoms with Crippen molar-refractivity contribution in [3.8, 4) is 11.4 Å². The van der Waals surface area contributed by atoms with E-state index in [0.717, 1.165) is 33.6 Å². The summed E-state index contributed by atoms with van der Waals surface area (Å²) in [5.74, 6) is 1.68. The predicted octanol–water partition coefficient (Wildman–Crippen LogP) is 4.27. The summed E-state index contributed by atoms with van der Waals surface area (Å²) in [5, 5.41) is 14.3. The van der Waals surface area contributed by atoms with E-state index in [2.05, 4.69) is 15.5 Å². The molecule has 4 rings (SSSR count). The van der Waals surface area contributed by atoms with Crippen LogP contribution in [0.4, 0.5) is 5.69 Å². The van der Waals surface area contributed by atoms with Gasteiger partial charge in [-0.1, -0.05) is 42.1 Å². The van der Waals surface area contributed by atoms with Gasteiger partial charge in [0.1, 0.15) is 5.76 Å². The number of carbonyl (C=O) groups is 1. The van der Waals surface area contributed by atoms with Gasteiger partial charge in [0.05, 0.1) is 17.6 Å². The van der Waals surface area contributed by atoms with Gasteiger partial charge >= 0.3 is 0 Å². The van der Waals surface area contributed by atoms with E-state index in [1.54, 1.807) is 6.26 Å². The SMILES string of the molecule is Cc1occc1-c1nnc(SCC(=O)Nc2ccc3ccccc3c2)n1C. The van der Waals surface area contributed by atoms with Crippen molar-refractivity contribution < 1.29 is 9.21 Å². The third kappa shape index (κ3) is 3.59. The van der Waals surface area contributed by atoms with Gasteiger partial charge in [0.25, 0.3) is 0 Å². The van der Waals surface area contributed by atoms with E-state index in [0.29, 0.717) is 5.16 Å². The van der Waals surface area contributed by atoms with Crippen LogP contribution in [0.2, 0.25) is 0 Å². The van der Waals surface area contributed by atoms with Crippen LogP contribution in [0.5, 0.6) is 0 Å². The molecule has 6 nitrogen and oxygen atoms in total. The number of hydrogen-bond donors (Lipinski definition) is 1. The number of benzene rings is 2. The van der Waals surface area contributed by atoms with E-state index in [9.17, 15) is 4.79 Å². The molecule has 0 aliphatic carbocycles. The Kier molecular flexibility index (Phi) is 4.68. The number of aromatic nitrogens is 3. The molecule has 0 radical (unpaired) electrons. The molecule has 0 bridgehead atoms. The van der Waals surface area contributed by atoms with Crippen molar-refractivity contribution in [1.29, 1.82) is 0 Å². The van der Waals surface area contributed by atoms with Gasteiger partial charge in [-0.05, 0) is 35.9 Å².